The van der Waals surface area contributed by atoms with Gasteiger partial charge in [-0.15, -0.1) is 0 Å². The molecule has 0 saturated carbocycles. The van der Waals surface area contributed by atoms with Crippen molar-refractivity contribution in [1.82, 2.24) is 16.2 Å². The normalized spacial score (nSPS) is 12.9. The predicted molar refractivity (Wildman–Crippen MR) is 76.6 cm³/mol. The topological polar surface area (TPSA) is 139 Å². The van der Waals surface area contributed by atoms with Crippen LogP contribution in [0.25, 0.3) is 0 Å². The zero-order chi connectivity index (χ0) is 15.8. The van der Waals surface area contributed by atoms with Crippen LogP contribution in [0.15, 0.2) is 30.3 Å². The van der Waals surface area contributed by atoms with E-state index in [1.807, 2.05) is 30.3 Å². The third-order valence-electron chi connectivity index (χ3n) is 2.64. The molecule has 0 bridgehead atoms. The van der Waals surface area contributed by atoms with Crippen molar-refractivity contribution < 1.29 is 14.4 Å². The number of hydrazine groups is 1. The van der Waals surface area contributed by atoms with Crippen LogP contribution in [0.4, 0.5) is 4.79 Å². The Balaban J connectivity index is 2.53. The van der Waals surface area contributed by atoms with Gasteiger partial charge in [-0.05, 0) is 12.5 Å². The number of urea groups is 1. The molecule has 7 N–H and O–H groups in total. The molecule has 0 saturated heterocycles. The molecule has 0 aliphatic carbocycles. The average Bonchev–Trinajstić information content (AvgIpc) is 2.44. The fourth-order valence-electron chi connectivity index (χ4n) is 1.50. The summed E-state index contributed by atoms with van der Waals surface area (Å²) in [6.07, 6.45) is 0.255. The highest BCUT2D eigenvalue weighted by Crippen LogP contribution is 2.02. The lowest BCUT2D eigenvalue weighted by molar-refractivity contribution is -0.122. The van der Waals surface area contributed by atoms with Gasteiger partial charge in [-0.2, -0.15) is 0 Å². The first-order chi connectivity index (χ1) is 9.90. The second kappa shape index (κ2) is 7.85. The van der Waals surface area contributed by atoms with E-state index in [1.165, 1.54) is 6.92 Å². The summed E-state index contributed by atoms with van der Waals surface area (Å²) in [5, 5.41) is 2.38. The van der Waals surface area contributed by atoms with E-state index in [0.29, 0.717) is 0 Å². The number of carbonyl (C=O) groups is 3. The lowest BCUT2D eigenvalue weighted by Crippen LogP contribution is -2.55. The van der Waals surface area contributed by atoms with Crippen LogP contribution in [-0.4, -0.2) is 29.9 Å². The molecule has 114 valence electrons. The number of nitrogens with one attached hydrogen (secondary N) is 3. The highest BCUT2D eigenvalue weighted by atomic mass is 16.2. The quantitative estimate of drug-likeness (QED) is 0.433. The van der Waals surface area contributed by atoms with E-state index in [2.05, 4.69) is 16.2 Å². The van der Waals surface area contributed by atoms with Gasteiger partial charge in [0.25, 0.3) is 5.91 Å². The number of hydrogen-bond acceptors (Lipinski definition) is 4. The van der Waals surface area contributed by atoms with Crippen molar-refractivity contribution in [1.29, 1.82) is 0 Å². The van der Waals surface area contributed by atoms with Crippen LogP contribution in [0.2, 0.25) is 0 Å². The van der Waals surface area contributed by atoms with Crippen LogP contribution < -0.4 is 27.6 Å². The highest BCUT2D eigenvalue weighted by molar-refractivity contribution is 5.88. The average molecular weight is 293 g/mol. The van der Waals surface area contributed by atoms with Crippen molar-refractivity contribution in [2.24, 2.45) is 11.5 Å². The van der Waals surface area contributed by atoms with Crippen molar-refractivity contribution in [2.75, 3.05) is 0 Å². The first-order valence-electron chi connectivity index (χ1n) is 6.35. The number of rotatable bonds is 5. The first kappa shape index (κ1) is 16.4. The molecule has 0 aliphatic heterocycles. The van der Waals surface area contributed by atoms with Crippen LogP contribution in [0, 0.1) is 0 Å². The van der Waals surface area contributed by atoms with Gasteiger partial charge in [0.2, 0.25) is 5.91 Å². The summed E-state index contributed by atoms with van der Waals surface area (Å²) in [6.45, 7) is 1.47. The Bertz CT molecular complexity index is 504. The summed E-state index contributed by atoms with van der Waals surface area (Å²) >= 11 is 0. The molecule has 21 heavy (non-hydrogen) atoms. The number of amides is 4. The summed E-state index contributed by atoms with van der Waals surface area (Å²) in [5.74, 6) is -1.23. The second-order valence-corrected chi connectivity index (χ2v) is 4.52. The molecular weight excluding hydrogens is 274 g/mol. The SMILES string of the molecule is C[C@H](N)C(=O)NNC(=O)N[C@@H](Cc1ccccc1)C(N)=O. The largest absolute Gasteiger partial charge is 0.368 e. The van der Waals surface area contributed by atoms with Gasteiger partial charge in [-0.25, -0.2) is 10.2 Å². The van der Waals surface area contributed by atoms with Crippen LogP contribution in [0.3, 0.4) is 0 Å². The van der Waals surface area contributed by atoms with E-state index in [0.717, 1.165) is 5.56 Å². The lowest BCUT2D eigenvalue weighted by atomic mass is 10.1. The molecule has 2 atom stereocenters. The number of hydrogen-bond donors (Lipinski definition) is 5. The maximum absolute atomic E-state index is 11.6. The maximum atomic E-state index is 11.6. The second-order valence-electron chi connectivity index (χ2n) is 4.52. The Morgan fingerprint density at radius 1 is 1.14 bits per heavy atom. The first-order valence-corrected chi connectivity index (χ1v) is 6.35. The van der Waals surface area contributed by atoms with Gasteiger partial charge in [0, 0.05) is 6.42 Å². The summed E-state index contributed by atoms with van der Waals surface area (Å²) in [4.78, 5) is 34.1. The van der Waals surface area contributed by atoms with Crippen LogP contribution in [0.5, 0.6) is 0 Å². The zero-order valence-corrected chi connectivity index (χ0v) is 11.6. The predicted octanol–water partition coefficient (Wildman–Crippen LogP) is -1.24. The molecular formula is C13H19N5O3. The molecule has 0 fully saturated rings. The molecule has 8 heteroatoms. The Hall–Kier alpha value is -2.61. The van der Waals surface area contributed by atoms with Gasteiger partial charge in [0.15, 0.2) is 0 Å². The lowest BCUT2D eigenvalue weighted by Gasteiger charge is -2.16. The number of carbonyl (C=O) groups excluding carboxylic acids is 3. The molecule has 1 aromatic carbocycles. The molecule has 8 nitrogen and oxygen atoms in total. The molecule has 0 spiro atoms. The molecule has 1 aromatic rings. The minimum atomic E-state index is -0.889. The molecule has 0 aliphatic rings. The van der Waals surface area contributed by atoms with Crippen molar-refractivity contribution in [2.45, 2.75) is 25.4 Å². The molecule has 0 heterocycles. The number of benzene rings is 1. The Kier molecular flexibility index (Phi) is 6.15. The van der Waals surface area contributed by atoms with Crippen molar-refractivity contribution >= 4 is 17.8 Å². The van der Waals surface area contributed by atoms with Crippen LogP contribution in [0.1, 0.15) is 12.5 Å². The van der Waals surface area contributed by atoms with Gasteiger partial charge in [-0.1, -0.05) is 30.3 Å². The van der Waals surface area contributed by atoms with Gasteiger partial charge in [0.05, 0.1) is 6.04 Å². The Labute approximate surface area is 122 Å². The molecule has 0 unspecified atom stereocenters. The van der Waals surface area contributed by atoms with E-state index >= 15 is 0 Å². The summed E-state index contributed by atoms with van der Waals surface area (Å²) in [7, 11) is 0. The Morgan fingerprint density at radius 3 is 2.29 bits per heavy atom. The molecule has 1 rings (SSSR count). The van der Waals surface area contributed by atoms with E-state index in [-0.39, 0.29) is 6.42 Å². The number of nitrogens with two attached hydrogens (primary N) is 2. The highest BCUT2D eigenvalue weighted by Gasteiger charge is 2.19. The van der Waals surface area contributed by atoms with Gasteiger partial charge < -0.3 is 16.8 Å². The summed E-state index contributed by atoms with van der Waals surface area (Å²) < 4.78 is 0. The molecule has 0 aromatic heterocycles. The van der Waals surface area contributed by atoms with Crippen LogP contribution >= 0.6 is 0 Å². The third-order valence-corrected chi connectivity index (χ3v) is 2.64. The standard InChI is InChI=1S/C13H19N5O3/c1-8(14)12(20)17-18-13(21)16-10(11(15)19)7-9-5-3-2-4-6-9/h2-6,8,10H,7,14H2,1H3,(H2,15,19)(H,17,20)(H2,16,18,21)/t8-,10-/m0/s1. The van der Waals surface area contributed by atoms with Crippen molar-refractivity contribution in [3.63, 3.8) is 0 Å². The van der Waals surface area contributed by atoms with E-state index in [1.54, 1.807) is 0 Å². The summed E-state index contributed by atoms with van der Waals surface area (Å²) in [5.41, 5.74) is 15.6. The van der Waals surface area contributed by atoms with Crippen molar-refractivity contribution in [3.8, 4) is 0 Å². The molecule has 4 amide bonds. The van der Waals surface area contributed by atoms with Gasteiger partial charge in [0.1, 0.15) is 6.04 Å². The third kappa shape index (κ3) is 5.91. The summed E-state index contributed by atoms with van der Waals surface area (Å²) in [6, 6.07) is 6.70. The monoisotopic (exact) mass is 293 g/mol. The van der Waals surface area contributed by atoms with Crippen molar-refractivity contribution in [3.05, 3.63) is 35.9 Å². The van der Waals surface area contributed by atoms with E-state index < -0.39 is 29.9 Å². The van der Waals surface area contributed by atoms with Gasteiger partial charge in [-0.3, -0.25) is 15.0 Å². The fourth-order valence-corrected chi connectivity index (χ4v) is 1.50. The fraction of sp³-hybridized carbons (Fsp3) is 0.308. The zero-order valence-electron chi connectivity index (χ0n) is 11.6. The number of primary amides is 1. The maximum Gasteiger partial charge on any atom is 0.334 e. The minimum absolute atomic E-state index is 0.255. The van der Waals surface area contributed by atoms with E-state index in [9.17, 15) is 14.4 Å². The van der Waals surface area contributed by atoms with Crippen LogP contribution in [-0.2, 0) is 16.0 Å². The molecule has 0 radical (unpaired) electrons. The Morgan fingerprint density at radius 2 is 1.76 bits per heavy atom. The van der Waals surface area contributed by atoms with Gasteiger partial charge >= 0.3 is 6.03 Å². The van der Waals surface area contributed by atoms with E-state index in [4.69, 9.17) is 11.5 Å². The minimum Gasteiger partial charge on any atom is -0.368 e. The smallest absolute Gasteiger partial charge is 0.334 e.